The molecule has 3 rings (SSSR count). The fourth-order valence-electron chi connectivity index (χ4n) is 3.08. The normalized spacial score (nSPS) is 14.0. The number of hydrogen-bond acceptors (Lipinski definition) is 4. The molecule has 0 atom stereocenters. The number of aliphatic imine (C=N–C) groups is 1. The highest BCUT2D eigenvalue weighted by Crippen LogP contribution is 2.39. The highest BCUT2D eigenvalue weighted by Gasteiger charge is 2.28. The van der Waals surface area contributed by atoms with Crippen molar-refractivity contribution in [2.75, 3.05) is 4.90 Å². The molecule has 0 spiro atoms. The molecule has 4 nitrogen and oxygen atoms in total. The van der Waals surface area contributed by atoms with Crippen LogP contribution in [0, 0.1) is 13.8 Å². The topological polar surface area (TPSA) is 41.4 Å². The SMILES string of the molecule is Bc1cc2c(nc1C)N(c1c(C)ccnc1C(C)C)C(=C)N=C2C. The summed E-state index contributed by atoms with van der Waals surface area (Å²) in [4.78, 5) is 16.2. The molecule has 5 heteroatoms. The van der Waals surface area contributed by atoms with E-state index in [-0.39, 0.29) is 0 Å². The first-order valence-corrected chi connectivity index (χ1v) is 8.29. The first-order chi connectivity index (χ1) is 11.3. The Labute approximate surface area is 144 Å². The molecular formula is C19H23BN4. The smallest absolute Gasteiger partial charge is 0.148 e. The predicted molar refractivity (Wildman–Crippen MR) is 104 cm³/mol. The van der Waals surface area contributed by atoms with Crippen LogP contribution in [0.1, 0.15) is 49.2 Å². The van der Waals surface area contributed by atoms with Gasteiger partial charge in [-0.2, -0.15) is 0 Å². The second-order valence-electron chi connectivity index (χ2n) is 6.73. The maximum atomic E-state index is 4.87. The van der Waals surface area contributed by atoms with Crippen molar-refractivity contribution in [1.29, 1.82) is 0 Å². The van der Waals surface area contributed by atoms with Gasteiger partial charge in [0, 0.05) is 17.5 Å². The third-order valence-electron chi connectivity index (χ3n) is 4.53. The first-order valence-electron chi connectivity index (χ1n) is 8.29. The number of anilines is 2. The maximum absolute atomic E-state index is 4.87. The number of aromatic nitrogens is 2. The second-order valence-corrected chi connectivity index (χ2v) is 6.73. The number of rotatable bonds is 2. The van der Waals surface area contributed by atoms with Crippen molar-refractivity contribution >= 4 is 30.5 Å². The van der Waals surface area contributed by atoms with Crippen LogP contribution in [0.2, 0.25) is 0 Å². The van der Waals surface area contributed by atoms with Gasteiger partial charge < -0.3 is 0 Å². The van der Waals surface area contributed by atoms with E-state index in [2.05, 4.69) is 56.1 Å². The van der Waals surface area contributed by atoms with Crippen molar-refractivity contribution in [2.45, 2.75) is 40.5 Å². The molecule has 0 radical (unpaired) electrons. The fraction of sp³-hybridized carbons (Fsp3) is 0.316. The van der Waals surface area contributed by atoms with Crippen molar-refractivity contribution in [2.24, 2.45) is 4.99 Å². The summed E-state index contributed by atoms with van der Waals surface area (Å²) in [6.45, 7) is 14.6. The van der Waals surface area contributed by atoms with E-state index in [1.165, 1.54) is 5.46 Å². The van der Waals surface area contributed by atoms with E-state index in [0.29, 0.717) is 11.7 Å². The molecule has 122 valence electrons. The summed E-state index contributed by atoms with van der Waals surface area (Å²) in [5.74, 6) is 1.89. The molecular weight excluding hydrogens is 295 g/mol. The monoisotopic (exact) mass is 318 g/mol. The van der Waals surface area contributed by atoms with Crippen LogP contribution in [0.4, 0.5) is 11.5 Å². The van der Waals surface area contributed by atoms with Crippen LogP contribution < -0.4 is 10.4 Å². The lowest BCUT2D eigenvalue weighted by Crippen LogP contribution is -2.28. The van der Waals surface area contributed by atoms with Crippen molar-refractivity contribution in [3.63, 3.8) is 0 Å². The number of aryl methyl sites for hydroxylation is 2. The van der Waals surface area contributed by atoms with E-state index in [4.69, 9.17) is 4.98 Å². The van der Waals surface area contributed by atoms with Gasteiger partial charge in [0.1, 0.15) is 19.5 Å². The molecule has 0 fully saturated rings. The lowest BCUT2D eigenvalue weighted by Gasteiger charge is -2.33. The Morgan fingerprint density at radius 3 is 2.58 bits per heavy atom. The molecule has 0 aromatic carbocycles. The van der Waals surface area contributed by atoms with E-state index in [1.54, 1.807) is 0 Å². The number of fused-ring (bicyclic) bond motifs is 1. The highest BCUT2D eigenvalue weighted by molar-refractivity contribution is 6.33. The molecule has 1 aliphatic rings. The zero-order valence-corrected chi connectivity index (χ0v) is 15.3. The summed E-state index contributed by atoms with van der Waals surface area (Å²) in [6.07, 6.45) is 1.87. The summed E-state index contributed by atoms with van der Waals surface area (Å²) >= 11 is 0. The fourth-order valence-corrected chi connectivity index (χ4v) is 3.08. The molecule has 0 N–H and O–H groups in total. The van der Waals surface area contributed by atoms with Crippen molar-refractivity contribution in [3.05, 3.63) is 53.2 Å². The minimum atomic E-state index is 0.301. The van der Waals surface area contributed by atoms with Crippen molar-refractivity contribution in [3.8, 4) is 0 Å². The van der Waals surface area contributed by atoms with Gasteiger partial charge in [-0.15, -0.1) is 0 Å². The van der Waals surface area contributed by atoms with Crippen LogP contribution in [0.5, 0.6) is 0 Å². The molecule has 3 heterocycles. The Morgan fingerprint density at radius 2 is 1.92 bits per heavy atom. The Kier molecular flexibility index (Phi) is 4.04. The standard InChI is InChI=1S/C19H23BN4/c1-10(2)17-18(11(3)7-8-21-17)24-14(6)22-12(4)15-9-16(20)13(5)23-19(15)24/h7-10H,6,20H2,1-5H3. The first kappa shape index (κ1) is 16.4. The van der Waals surface area contributed by atoms with Gasteiger partial charge in [0.15, 0.2) is 0 Å². The van der Waals surface area contributed by atoms with Crippen molar-refractivity contribution in [1.82, 2.24) is 9.97 Å². The molecule has 24 heavy (non-hydrogen) atoms. The van der Waals surface area contributed by atoms with Crippen LogP contribution in [-0.4, -0.2) is 23.5 Å². The van der Waals surface area contributed by atoms with Gasteiger partial charge in [0.25, 0.3) is 0 Å². The summed E-state index contributed by atoms with van der Waals surface area (Å²) in [5, 5.41) is 0. The number of nitrogens with zero attached hydrogens (tertiary/aromatic N) is 4. The lowest BCUT2D eigenvalue weighted by atomic mass is 9.91. The van der Waals surface area contributed by atoms with E-state index in [9.17, 15) is 0 Å². The average molecular weight is 318 g/mol. The minimum absolute atomic E-state index is 0.301. The maximum Gasteiger partial charge on any atom is 0.148 e. The Balaban J connectivity index is 2.32. The Hall–Kier alpha value is -2.43. The third-order valence-corrected chi connectivity index (χ3v) is 4.53. The van der Waals surface area contributed by atoms with Crippen LogP contribution in [0.25, 0.3) is 0 Å². The summed E-state index contributed by atoms with van der Waals surface area (Å²) in [5.41, 5.74) is 7.44. The van der Waals surface area contributed by atoms with Gasteiger partial charge in [-0.1, -0.05) is 32.0 Å². The molecule has 0 saturated heterocycles. The molecule has 0 amide bonds. The molecule has 2 aromatic heterocycles. The highest BCUT2D eigenvalue weighted by atomic mass is 15.3. The zero-order valence-electron chi connectivity index (χ0n) is 15.3. The van der Waals surface area contributed by atoms with Crippen LogP contribution in [0.3, 0.4) is 0 Å². The van der Waals surface area contributed by atoms with Gasteiger partial charge in [0.05, 0.1) is 17.1 Å². The second kappa shape index (κ2) is 5.89. The van der Waals surface area contributed by atoms with E-state index in [1.807, 2.05) is 26.1 Å². The van der Waals surface area contributed by atoms with Crippen LogP contribution in [-0.2, 0) is 0 Å². The number of hydrogen-bond donors (Lipinski definition) is 0. The lowest BCUT2D eigenvalue weighted by molar-refractivity contribution is 0.813. The van der Waals surface area contributed by atoms with Gasteiger partial charge in [-0.25, -0.2) is 9.98 Å². The zero-order chi connectivity index (χ0) is 17.6. The van der Waals surface area contributed by atoms with Crippen LogP contribution in [0.15, 0.2) is 35.7 Å². The van der Waals surface area contributed by atoms with Gasteiger partial charge in [-0.3, -0.25) is 9.88 Å². The van der Waals surface area contributed by atoms with E-state index >= 15 is 0 Å². The molecule has 0 saturated carbocycles. The summed E-state index contributed by atoms with van der Waals surface area (Å²) in [6, 6.07) is 4.19. The van der Waals surface area contributed by atoms with E-state index < -0.39 is 0 Å². The largest absolute Gasteiger partial charge is 0.277 e. The van der Waals surface area contributed by atoms with Gasteiger partial charge in [0.2, 0.25) is 0 Å². The molecule has 0 unspecified atom stereocenters. The summed E-state index contributed by atoms with van der Waals surface area (Å²) in [7, 11) is 2.08. The molecule has 1 aliphatic heterocycles. The predicted octanol–water partition coefficient (Wildman–Crippen LogP) is 2.91. The van der Waals surface area contributed by atoms with Gasteiger partial charge in [-0.05, 0) is 38.3 Å². The minimum Gasteiger partial charge on any atom is -0.277 e. The Morgan fingerprint density at radius 1 is 1.21 bits per heavy atom. The summed E-state index contributed by atoms with van der Waals surface area (Å²) < 4.78 is 0. The number of pyridine rings is 2. The molecule has 2 aromatic rings. The third kappa shape index (κ3) is 2.54. The van der Waals surface area contributed by atoms with E-state index in [0.717, 1.165) is 39.7 Å². The van der Waals surface area contributed by atoms with Gasteiger partial charge >= 0.3 is 0 Å². The Bertz CT molecular complexity index is 868. The average Bonchev–Trinajstić information content (AvgIpc) is 2.50. The molecule has 0 aliphatic carbocycles. The van der Waals surface area contributed by atoms with Crippen molar-refractivity contribution < 1.29 is 0 Å². The quantitative estimate of drug-likeness (QED) is 0.800. The van der Waals surface area contributed by atoms with Crippen LogP contribution >= 0.6 is 0 Å². The molecule has 0 bridgehead atoms.